The van der Waals surface area contributed by atoms with Crippen LogP contribution in [0.1, 0.15) is 41.9 Å². The summed E-state index contributed by atoms with van der Waals surface area (Å²) in [5.41, 5.74) is 1.01. The zero-order valence-corrected chi connectivity index (χ0v) is 19.3. The second-order valence-corrected chi connectivity index (χ2v) is 9.00. The van der Waals surface area contributed by atoms with E-state index < -0.39 is 12.3 Å². The van der Waals surface area contributed by atoms with Gasteiger partial charge in [0.2, 0.25) is 0 Å². The molecule has 1 unspecified atom stereocenters. The number of hydrogen-bond acceptors (Lipinski definition) is 10. The summed E-state index contributed by atoms with van der Waals surface area (Å²) in [4.78, 5) is 47.8. The Morgan fingerprint density at radius 2 is 2.03 bits per heavy atom. The predicted octanol–water partition coefficient (Wildman–Crippen LogP) is 1.42. The number of nitrogens with one attached hydrogen (secondary N) is 4. The number of piperazine rings is 1. The van der Waals surface area contributed by atoms with E-state index in [1.807, 2.05) is 13.8 Å². The van der Waals surface area contributed by atoms with Gasteiger partial charge in [-0.05, 0) is 12.3 Å². The largest absolute Gasteiger partial charge is 0.450 e. The molecule has 12 nitrogen and oxygen atoms in total. The fraction of sp³-hybridized carbons (Fsp3) is 0.500. The van der Waals surface area contributed by atoms with E-state index in [4.69, 9.17) is 4.74 Å². The molecule has 0 aliphatic carbocycles. The Morgan fingerprint density at radius 3 is 2.79 bits per heavy atom. The van der Waals surface area contributed by atoms with Crippen LogP contribution in [-0.4, -0.2) is 69.7 Å². The van der Waals surface area contributed by atoms with Gasteiger partial charge in [-0.3, -0.25) is 10.1 Å². The molecule has 176 valence electrons. The minimum Gasteiger partial charge on any atom is -0.450 e. The van der Waals surface area contributed by atoms with Gasteiger partial charge < -0.3 is 25.3 Å². The third-order valence-corrected chi connectivity index (χ3v) is 6.08. The molecule has 1 saturated heterocycles. The number of carbonyl (C=O) groups is 2. The molecule has 1 atom stereocenters. The number of aromatic nitrogens is 5. The molecule has 13 heteroatoms. The van der Waals surface area contributed by atoms with E-state index in [1.54, 1.807) is 12.4 Å². The van der Waals surface area contributed by atoms with Crippen LogP contribution in [0.4, 0.5) is 9.93 Å². The van der Waals surface area contributed by atoms with Crippen LogP contribution >= 0.6 is 11.3 Å². The van der Waals surface area contributed by atoms with E-state index in [9.17, 15) is 9.59 Å². The highest BCUT2D eigenvalue weighted by atomic mass is 32.1. The number of fused-ring (bicyclic) bond motifs is 1. The van der Waals surface area contributed by atoms with E-state index in [2.05, 4.69) is 45.8 Å². The zero-order valence-electron chi connectivity index (χ0n) is 18.5. The van der Waals surface area contributed by atoms with Gasteiger partial charge in [0, 0.05) is 26.2 Å². The van der Waals surface area contributed by atoms with Gasteiger partial charge in [-0.2, -0.15) is 0 Å². The molecule has 4 rings (SSSR count). The Hall–Kier alpha value is -3.32. The van der Waals surface area contributed by atoms with Gasteiger partial charge in [-0.15, -0.1) is 0 Å². The highest BCUT2D eigenvalue weighted by molar-refractivity contribution is 7.17. The molecule has 2 amide bonds. The predicted molar refractivity (Wildman–Crippen MR) is 123 cm³/mol. The van der Waals surface area contributed by atoms with Crippen molar-refractivity contribution in [1.82, 2.24) is 40.9 Å². The van der Waals surface area contributed by atoms with Gasteiger partial charge in [-0.25, -0.2) is 24.7 Å². The minimum absolute atomic E-state index is 0.276. The van der Waals surface area contributed by atoms with E-state index >= 15 is 0 Å². The summed E-state index contributed by atoms with van der Waals surface area (Å²) in [6.45, 7) is 7.79. The van der Waals surface area contributed by atoms with Crippen molar-refractivity contribution >= 4 is 39.6 Å². The Balaban J connectivity index is 1.48. The lowest BCUT2D eigenvalue weighted by Gasteiger charge is -2.26. The lowest BCUT2D eigenvalue weighted by Crippen LogP contribution is -2.43. The molecule has 0 radical (unpaired) electrons. The van der Waals surface area contributed by atoms with Crippen molar-refractivity contribution in [2.75, 3.05) is 37.7 Å². The second kappa shape index (κ2) is 10.5. The summed E-state index contributed by atoms with van der Waals surface area (Å²) < 4.78 is 5.26. The zero-order chi connectivity index (χ0) is 23.2. The summed E-state index contributed by atoms with van der Waals surface area (Å²) in [5.74, 6) is 0.331. The summed E-state index contributed by atoms with van der Waals surface area (Å²) in [7, 11) is 0. The lowest BCUT2D eigenvalue weighted by atomic mass is 10.1. The van der Waals surface area contributed by atoms with Gasteiger partial charge in [0.05, 0.1) is 19.0 Å². The Bertz CT molecular complexity index is 1060. The SMILES string of the molecule is CC(C)CCOC(=O)NC(NC(=O)c1cnc(N2CCNCC2)s1)c1nc2ncncc2[nH]1. The summed E-state index contributed by atoms with van der Waals surface area (Å²) in [6, 6.07) is 0. The average molecular weight is 474 g/mol. The molecule has 4 heterocycles. The smallest absolute Gasteiger partial charge is 0.409 e. The van der Waals surface area contributed by atoms with Crippen molar-refractivity contribution in [2.45, 2.75) is 26.4 Å². The molecule has 4 N–H and O–H groups in total. The highest BCUT2D eigenvalue weighted by Crippen LogP contribution is 2.23. The molecule has 1 aliphatic heterocycles. The molecule has 3 aromatic rings. The summed E-state index contributed by atoms with van der Waals surface area (Å²) >= 11 is 1.30. The quantitative estimate of drug-likeness (QED) is 0.356. The van der Waals surface area contributed by atoms with Gasteiger partial charge in [-0.1, -0.05) is 25.2 Å². The summed E-state index contributed by atoms with van der Waals surface area (Å²) in [5, 5.41) is 9.55. The molecular formula is C20H27N9O3S. The first-order chi connectivity index (χ1) is 16.0. The van der Waals surface area contributed by atoms with Crippen molar-refractivity contribution in [3.05, 3.63) is 29.4 Å². The van der Waals surface area contributed by atoms with Gasteiger partial charge >= 0.3 is 6.09 Å². The van der Waals surface area contributed by atoms with Crippen LogP contribution < -0.4 is 20.9 Å². The third-order valence-electron chi connectivity index (χ3n) is 5.02. The Kier molecular flexibility index (Phi) is 7.29. The van der Waals surface area contributed by atoms with Crippen LogP contribution in [0.2, 0.25) is 0 Å². The number of H-pyrrole nitrogens is 1. The van der Waals surface area contributed by atoms with Crippen LogP contribution in [0.3, 0.4) is 0 Å². The fourth-order valence-electron chi connectivity index (χ4n) is 3.21. The number of rotatable bonds is 8. The van der Waals surface area contributed by atoms with Crippen LogP contribution in [0, 0.1) is 5.92 Å². The monoisotopic (exact) mass is 473 g/mol. The number of alkyl carbamates (subject to hydrolysis) is 1. The number of thiazole rings is 1. The van der Waals surface area contributed by atoms with Crippen molar-refractivity contribution < 1.29 is 14.3 Å². The second-order valence-electron chi connectivity index (χ2n) is 8.00. The fourth-order valence-corrected chi connectivity index (χ4v) is 4.08. The van der Waals surface area contributed by atoms with E-state index in [-0.39, 0.29) is 12.5 Å². The maximum absolute atomic E-state index is 13.0. The molecule has 33 heavy (non-hydrogen) atoms. The number of carbonyl (C=O) groups excluding carboxylic acids is 2. The van der Waals surface area contributed by atoms with Gasteiger partial charge in [0.15, 0.2) is 22.8 Å². The highest BCUT2D eigenvalue weighted by Gasteiger charge is 2.24. The average Bonchev–Trinajstić information content (AvgIpc) is 3.46. The van der Waals surface area contributed by atoms with Crippen LogP contribution in [-0.2, 0) is 4.74 Å². The molecule has 3 aromatic heterocycles. The number of hydrogen-bond donors (Lipinski definition) is 4. The van der Waals surface area contributed by atoms with Crippen molar-refractivity contribution in [1.29, 1.82) is 0 Å². The van der Waals surface area contributed by atoms with E-state index in [1.165, 1.54) is 17.7 Å². The third kappa shape index (κ3) is 5.93. The number of aromatic amines is 1. The molecule has 0 spiro atoms. The lowest BCUT2D eigenvalue weighted by molar-refractivity contribution is 0.0923. The van der Waals surface area contributed by atoms with Crippen LogP contribution in [0.15, 0.2) is 18.7 Å². The minimum atomic E-state index is -0.956. The normalized spacial score (nSPS) is 14.9. The Morgan fingerprint density at radius 1 is 1.21 bits per heavy atom. The van der Waals surface area contributed by atoms with Crippen LogP contribution in [0.5, 0.6) is 0 Å². The number of anilines is 1. The summed E-state index contributed by atoms with van der Waals surface area (Å²) in [6.07, 6.45) is 3.62. The molecule has 0 aromatic carbocycles. The standard InChI is InChI=1S/C20H27N9O3S/c1-12(2)3-8-32-20(31)28-17(16-25-13-9-22-11-24-15(13)26-16)27-18(30)14-10-23-19(33-14)29-6-4-21-5-7-29/h9-12,17,21H,3-8H2,1-2H3,(H,27,30)(H,28,31)(H,22,24,25,26). The van der Waals surface area contributed by atoms with Crippen LogP contribution in [0.25, 0.3) is 11.2 Å². The molecule has 1 aliphatic rings. The van der Waals surface area contributed by atoms with Gasteiger partial charge in [0.1, 0.15) is 16.7 Å². The number of nitrogens with zero attached hydrogens (tertiary/aromatic N) is 5. The Labute approximate surface area is 194 Å². The molecule has 0 bridgehead atoms. The number of imidazole rings is 1. The first-order valence-electron chi connectivity index (χ1n) is 10.8. The van der Waals surface area contributed by atoms with Crippen molar-refractivity contribution in [3.63, 3.8) is 0 Å². The molecule has 0 saturated carbocycles. The molecular weight excluding hydrogens is 446 g/mol. The van der Waals surface area contributed by atoms with E-state index in [0.29, 0.717) is 27.8 Å². The molecule has 1 fully saturated rings. The van der Waals surface area contributed by atoms with E-state index in [0.717, 1.165) is 37.7 Å². The number of amides is 2. The topological polar surface area (TPSA) is 150 Å². The first-order valence-corrected chi connectivity index (χ1v) is 11.6. The maximum atomic E-state index is 13.0. The van der Waals surface area contributed by atoms with Crippen molar-refractivity contribution in [3.8, 4) is 0 Å². The van der Waals surface area contributed by atoms with Crippen molar-refractivity contribution in [2.24, 2.45) is 5.92 Å². The first kappa shape index (κ1) is 22.9. The van der Waals surface area contributed by atoms with Gasteiger partial charge in [0.25, 0.3) is 5.91 Å². The maximum Gasteiger partial charge on any atom is 0.409 e. The number of ether oxygens (including phenoxy) is 1.